The summed E-state index contributed by atoms with van der Waals surface area (Å²) in [6.07, 6.45) is -0.848. The molecule has 0 aromatic carbocycles. The lowest BCUT2D eigenvalue weighted by Gasteiger charge is -2.20. The van der Waals surface area contributed by atoms with Crippen LogP contribution in [0.5, 0.6) is 0 Å². The third-order valence-electron chi connectivity index (χ3n) is 3.87. The van der Waals surface area contributed by atoms with Gasteiger partial charge in [0.1, 0.15) is 12.1 Å². The van der Waals surface area contributed by atoms with Crippen molar-refractivity contribution in [3.8, 4) is 0 Å². The molecule has 1 aromatic rings. The average molecular weight is 448 g/mol. The maximum absolute atomic E-state index is 12.4. The third kappa shape index (κ3) is 4.45. The molecule has 2 heterocycles. The van der Waals surface area contributed by atoms with Crippen molar-refractivity contribution in [1.82, 2.24) is 14.9 Å². The lowest BCUT2D eigenvalue weighted by Crippen LogP contribution is -2.45. The van der Waals surface area contributed by atoms with Gasteiger partial charge in [-0.05, 0) is 36.7 Å². The molecule has 0 saturated carbocycles. The van der Waals surface area contributed by atoms with E-state index in [0.29, 0.717) is 4.57 Å². The molecule has 0 aliphatic carbocycles. The highest BCUT2D eigenvalue weighted by Crippen LogP contribution is 2.40. The number of nitrogens with one attached hydrogen (secondary N) is 2. The Labute approximate surface area is 161 Å². The molecule has 1 aromatic heterocycles. The van der Waals surface area contributed by atoms with Crippen molar-refractivity contribution in [2.24, 2.45) is 0 Å². The number of alkyl carbamates (subject to hydrolysis) is 1. The zero-order valence-corrected chi connectivity index (χ0v) is 16.5. The van der Waals surface area contributed by atoms with Crippen LogP contribution in [0.25, 0.3) is 0 Å². The number of H-pyrrole nitrogens is 1. The fourth-order valence-corrected chi connectivity index (χ4v) is 3.03. The number of aromatic amines is 1. The average Bonchev–Trinajstić information content (AvgIpc) is 3.04. The van der Waals surface area contributed by atoms with Crippen molar-refractivity contribution in [2.75, 3.05) is 19.6 Å². The first-order chi connectivity index (χ1) is 12.4. The van der Waals surface area contributed by atoms with Crippen LogP contribution in [0, 0.1) is 0 Å². The van der Waals surface area contributed by atoms with Crippen molar-refractivity contribution in [2.45, 2.75) is 32.5 Å². The lowest BCUT2D eigenvalue weighted by molar-refractivity contribution is -0.779. The number of nitrogens with zero attached hydrogens (tertiary/aromatic N) is 2. The zero-order chi connectivity index (χ0) is 20.6. The molecule has 11 nitrogen and oxygen atoms in total. The van der Waals surface area contributed by atoms with Gasteiger partial charge in [0.25, 0.3) is 11.7 Å². The van der Waals surface area contributed by atoms with Gasteiger partial charge >= 0.3 is 23.7 Å². The molecule has 2 rings (SSSR count). The first kappa shape index (κ1) is 20.8. The van der Waals surface area contributed by atoms with Crippen molar-refractivity contribution < 1.29 is 28.7 Å². The molecular weight excluding hydrogens is 428 g/mol. The van der Waals surface area contributed by atoms with E-state index in [9.17, 15) is 24.0 Å². The van der Waals surface area contributed by atoms with Crippen LogP contribution < -0.4 is 16.6 Å². The summed E-state index contributed by atoms with van der Waals surface area (Å²) < 4.78 is 5.12. The van der Waals surface area contributed by atoms with Crippen molar-refractivity contribution >= 4 is 33.9 Å². The second-order valence-corrected chi connectivity index (χ2v) is 7.92. The molecule has 2 unspecified atom stereocenters. The number of carbonyl (C=O) groups excluding carboxylic acids is 2. The van der Waals surface area contributed by atoms with Gasteiger partial charge in [-0.2, -0.15) is 4.57 Å². The Morgan fingerprint density at radius 2 is 2.00 bits per heavy atom. The minimum atomic E-state index is -1.28. The van der Waals surface area contributed by atoms with E-state index in [1.165, 1.54) is 0 Å². The van der Waals surface area contributed by atoms with Gasteiger partial charge in [0.05, 0.1) is 11.0 Å². The van der Waals surface area contributed by atoms with Gasteiger partial charge < -0.3 is 20.1 Å². The number of hydrogen-bond acceptors (Lipinski definition) is 6. The van der Waals surface area contributed by atoms with Crippen LogP contribution in [0.3, 0.4) is 0 Å². The highest BCUT2D eigenvalue weighted by molar-refractivity contribution is 9.10. The number of aliphatic carboxylic acids is 1. The number of carbonyl (C=O) groups is 3. The van der Waals surface area contributed by atoms with E-state index in [4.69, 9.17) is 9.84 Å². The largest absolute Gasteiger partial charge is 0.477 e. The number of carboxylic acid groups (broad SMARTS) is 1. The van der Waals surface area contributed by atoms with Crippen molar-refractivity contribution in [3.63, 3.8) is 0 Å². The number of hydrogen-bond donors (Lipinski definition) is 3. The van der Waals surface area contributed by atoms with Gasteiger partial charge in [-0.15, -0.1) is 0 Å². The van der Waals surface area contributed by atoms with Gasteiger partial charge in [0.2, 0.25) is 0 Å². The fraction of sp³-hybridized carbons (Fsp3) is 0.533. The van der Waals surface area contributed by atoms with Gasteiger partial charge in [0, 0.05) is 6.20 Å². The second-order valence-electron chi connectivity index (χ2n) is 7.07. The molecule has 1 aliphatic rings. The van der Waals surface area contributed by atoms with Crippen molar-refractivity contribution in [1.29, 1.82) is 0 Å². The highest BCUT2D eigenvalue weighted by Gasteiger charge is 2.70. The number of amides is 2. The SMILES string of the molecule is CC(C)(C)OC(=O)NCC[N+]1(CC(=O)O)C(=O)C1n1c(=O)[nH]cc(Br)c1=O. The van der Waals surface area contributed by atoms with Crippen LogP contribution in [0.1, 0.15) is 26.9 Å². The predicted octanol–water partition coefficient (Wildman–Crippen LogP) is -0.236. The van der Waals surface area contributed by atoms with E-state index in [2.05, 4.69) is 26.2 Å². The summed E-state index contributed by atoms with van der Waals surface area (Å²) in [4.78, 5) is 61.9. The van der Waals surface area contributed by atoms with Gasteiger partial charge in [-0.1, -0.05) is 0 Å². The molecule has 148 valence electrons. The topological polar surface area (TPSA) is 148 Å². The van der Waals surface area contributed by atoms with Gasteiger partial charge in [0.15, 0.2) is 6.54 Å². The minimum Gasteiger partial charge on any atom is -0.477 e. The normalized spacial score (nSPS) is 21.6. The Bertz CT molecular complexity index is 901. The summed E-state index contributed by atoms with van der Waals surface area (Å²) in [6.45, 7) is 4.22. The maximum Gasteiger partial charge on any atom is 0.407 e. The number of quaternary nitrogens is 1. The molecule has 2 atom stereocenters. The van der Waals surface area contributed by atoms with Gasteiger partial charge in [-0.25, -0.2) is 23.7 Å². The standard InChI is InChI=1S/C15H19BrN4O7/c1-15(2,3)27-14(26)17-4-5-20(7-9(21)22)10(12(20)24)19-11(23)8(16)6-18-13(19)25/h6,10H,4-5,7H2,1-3H3,(H2-,17,18,21,22,23,25,26)/p+1. The quantitative estimate of drug-likeness (QED) is 0.402. The molecule has 3 N–H and O–H groups in total. The Morgan fingerprint density at radius 3 is 2.56 bits per heavy atom. The third-order valence-corrected chi connectivity index (χ3v) is 4.43. The monoisotopic (exact) mass is 447 g/mol. The van der Waals surface area contributed by atoms with Crippen LogP contribution in [0.15, 0.2) is 20.3 Å². The lowest BCUT2D eigenvalue weighted by atomic mass is 10.2. The summed E-state index contributed by atoms with van der Waals surface area (Å²) in [7, 11) is 0. The highest BCUT2D eigenvalue weighted by atomic mass is 79.9. The van der Waals surface area contributed by atoms with Crippen LogP contribution in [-0.4, -0.2) is 62.3 Å². The zero-order valence-electron chi connectivity index (χ0n) is 14.9. The molecule has 0 spiro atoms. The minimum absolute atomic E-state index is 0.0297. The summed E-state index contributed by atoms with van der Waals surface area (Å²) >= 11 is 2.97. The van der Waals surface area contributed by atoms with E-state index in [0.717, 1.165) is 6.20 Å². The first-order valence-electron chi connectivity index (χ1n) is 7.98. The van der Waals surface area contributed by atoms with E-state index in [1.807, 2.05) is 0 Å². The van der Waals surface area contributed by atoms with Crippen molar-refractivity contribution in [3.05, 3.63) is 31.5 Å². The fourth-order valence-electron chi connectivity index (χ4n) is 2.73. The summed E-state index contributed by atoms with van der Waals surface area (Å²) in [6, 6.07) is 0. The van der Waals surface area contributed by atoms with E-state index in [1.54, 1.807) is 20.8 Å². The molecule has 12 heteroatoms. The number of aromatic nitrogens is 2. The molecule has 0 bridgehead atoms. The second kappa shape index (κ2) is 7.27. The summed E-state index contributed by atoms with van der Waals surface area (Å²) in [5, 5.41) is 11.6. The van der Waals surface area contributed by atoms with Crippen LogP contribution >= 0.6 is 15.9 Å². The number of carboxylic acids is 1. The molecule has 1 fully saturated rings. The molecule has 1 saturated heterocycles. The molecule has 0 radical (unpaired) electrons. The smallest absolute Gasteiger partial charge is 0.407 e. The Kier molecular flexibility index (Phi) is 5.61. The van der Waals surface area contributed by atoms with Crippen LogP contribution in [0.4, 0.5) is 4.79 Å². The molecular formula is C15H20BrN4O7+. The Balaban J connectivity index is 2.22. The predicted molar refractivity (Wildman–Crippen MR) is 94.9 cm³/mol. The van der Waals surface area contributed by atoms with Crippen LogP contribution in [-0.2, 0) is 14.3 Å². The van der Waals surface area contributed by atoms with E-state index < -0.39 is 52.0 Å². The molecule has 2 amide bonds. The Hall–Kier alpha value is -2.47. The number of ether oxygens (including phenoxy) is 1. The molecule has 1 aliphatic heterocycles. The maximum atomic E-state index is 12.4. The summed E-state index contributed by atoms with van der Waals surface area (Å²) in [5.41, 5.74) is -2.29. The van der Waals surface area contributed by atoms with E-state index >= 15 is 0 Å². The summed E-state index contributed by atoms with van der Waals surface area (Å²) in [5.74, 6) is -1.88. The van der Waals surface area contributed by atoms with Crippen LogP contribution in [0.2, 0.25) is 0 Å². The number of halogens is 1. The first-order valence-corrected chi connectivity index (χ1v) is 8.78. The molecule has 27 heavy (non-hydrogen) atoms. The van der Waals surface area contributed by atoms with Gasteiger partial charge in [-0.3, -0.25) is 4.79 Å². The van der Waals surface area contributed by atoms with E-state index in [-0.39, 0.29) is 17.6 Å². The number of rotatable bonds is 6. The Morgan fingerprint density at radius 1 is 1.37 bits per heavy atom.